The van der Waals surface area contributed by atoms with E-state index in [0.29, 0.717) is 6.42 Å². The zero-order valence-corrected chi connectivity index (χ0v) is 15.2. The molecule has 2 aliphatic heterocycles. The number of amides is 2. The molecule has 5 N–H and O–H groups in total. The van der Waals surface area contributed by atoms with Gasteiger partial charge in [-0.25, -0.2) is 4.79 Å². The molecule has 0 bridgehead atoms. The first-order chi connectivity index (χ1) is 11.1. The van der Waals surface area contributed by atoms with E-state index in [4.69, 9.17) is 5.73 Å². The predicted octanol–water partition coefficient (Wildman–Crippen LogP) is 0.965. The van der Waals surface area contributed by atoms with Crippen molar-refractivity contribution in [1.82, 2.24) is 10.6 Å². The molecule has 2 saturated heterocycles. The monoisotopic (exact) mass is 357 g/mol. The highest BCUT2D eigenvalue weighted by Gasteiger charge is 2.43. The van der Waals surface area contributed by atoms with E-state index in [1.54, 1.807) is 11.8 Å². The van der Waals surface area contributed by atoms with Crippen molar-refractivity contribution >= 4 is 29.5 Å². The Hall–Kier alpha value is -1.28. The molecule has 8 heteroatoms. The third kappa shape index (κ3) is 4.22. The Morgan fingerprint density at radius 1 is 1.38 bits per heavy atom. The Balaban J connectivity index is 1.87. The van der Waals surface area contributed by atoms with Crippen LogP contribution in [0, 0.1) is 11.3 Å². The number of Topliss-reactive ketones (excluding diaryl/α,β-unsaturated/α-hetero) is 1. The quantitative estimate of drug-likeness (QED) is 0.398. The summed E-state index contributed by atoms with van der Waals surface area (Å²) < 4.78 is 0. The zero-order chi connectivity index (χ0) is 18.1. The van der Waals surface area contributed by atoms with Crippen LogP contribution in [0.5, 0.6) is 0 Å². The molecule has 0 aromatic rings. The summed E-state index contributed by atoms with van der Waals surface area (Å²) in [6.45, 7) is 5.50. The lowest BCUT2D eigenvalue weighted by Crippen LogP contribution is -2.47. The first-order valence-corrected chi connectivity index (χ1v) is 9.37. The molecular weight excluding hydrogens is 330 g/mol. The summed E-state index contributed by atoms with van der Waals surface area (Å²) in [7, 11) is 0. The van der Waals surface area contributed by atoms with E-state index in [0.717, 1.165) is 12.2 Å². The van der Waals surface area contributed by atoms with Gasteiger partial charge in [0.25, 0.3) is 0 Å². The molecule has 5 atom stereocenters. The van der Waals surface area contributed by atoms with Crippen molar-refractivity contribution in [1.29, 1.82) is 0 Å². The van der Waals surface area contributed by atoms with E-state index >= 15 is 0 Å². The molecule has 2 rings (SSSR count). The number of hydrogen-bond acceptors (Lipinski definition) is 5. The Labute approximate surface area is 146 Å². The van der Waals surface area contributed by atoms with Crippen molar-refractivity contribution < 1.29 is 19.5 Å². The van der Waals surface area contributed by atoms with Gasteiger partial charge in [-0.05, 0) is 18.3 Å². The minimum absolute atomic E-state index is 0.0957. The molecule has 0 saturated carbocycles. The highest BCUT2D eigenvalue weighted by molar-refractivity contribution is 8.00. The minimum Gasteiger partial charge on any atom is -0.481 e. The van der Waals surface area contributed by atoms with Gasteiger partial charge in [-0.1, -0.05) is 27.2 Å². The number of hydrogen-bond donors (Lipinski definition) is 4. The fraction of sp³-hybridized carbons (Fsp3) is 0.812. The van der Waals surface area contributed by atoms with Crippen molar-refractivity contribution in [3.63, 3.8) is 0 Å². The van der Waals surface area contributed by atoms with Gasteiger partial charge < -0.3 is 21.5 Å². The summed E-state index contributed by atoms with van der Waals surface area (Å²) >= 11 is 1.78. The van der Waals surface area contributed by atoms with Crippen molar-refractivity contribution in [3.8, 4) is 0 Å². The zero-order valence-electron chi connectivity index (χ0n) is 14.4. The van der Waals surface area contributed by atoms with Gasteiger partial charge in [0.2, 0.25) is 0 Å². The molecule has 0 aliphatic carbocycles. The summed E-state index contributed by atoms with van der Waals surface area (Å²) in [6.07, 6.45) is 1.68. The second-order valence-corrected chi connectivity index (χ2v) is 8.96. The van der Waals surface area contributed by atoms with Gasteiger partial charge in [-0.15, -0.1) is 0 Å². The van der Waals surface area contributed by atoms with E-state index < -0.39 is 29.1 Å². The van der Waals surface area contributed by atoms with Crippen LogP contribution < -0.4 is 16.4 Å². The van der Waals surface area contributed by atoms with E-state index in [2.05, 4.69) is 10.6 Å². The van der Waals surface area contributed by atoms with Gasteiger partial charge in [-0.2, -0.15) is 11.8 Å². The summed E-state index contributed by atoms with van der Waals surface area (Å²) in [5, 5.41) is 15.4. The number of ketones is 1. The van der Waals surface area contributed by atoms with Crippen LogP contribution in [-0.2, 0) is 9.59 Å². The minimum atomic E-state index is -1.10. The smallest absolute Gasteiger partial charge is 0.315 e. The summed E-state index contributed by atoms with van der Waals surface area (Å²) in [6, 6.07) is -0.677. The number of fused-ring (bicyclic) bond motifs is 1. The third-order valence-corrected chi connectivity index (χ3v) is 6.31. The third-order valence-electron chi connectivity index (χ3n) is 4.80. The maximum atomic E-state index is 12.4. The highest BCUT2D eigenvalue weighted by Crippen LogP contribution is 2.33. The Morgan fingerprint density at radius 2 is 2.04 bits per heavy atom. The average molecular weight is 357 g/mol. The number of carboxylic acid groups (broad SMARTS) is 1. The maximum Gasteiger partial charge on any atom is 0.315 e. The van der Waals surface area contributed by atoms with Crippen LogP contribution in [0.2, 0.25) is 0 Å². The molecule has 0 aromatic carbocycles. The number of carbonyl (C=O) groups is 3. The SMILES string of the molecule is CC(C)(C)[C@H](N)C(=O)C(CCC[C@@H]1SC[C@@H]2NC(=O)N[C@@H]21)C(=O)O. The first-order valence-electron chi connectivity index (χ1n) is 8.32. The lowest BCUT2D eigenvalue weighted by molar-refractivity contribution is -0.147. The van der Waals surface area contributed by atoms with Crippen LogP contribution in [0.15, 0.2) is 0 Å². The number of aliphatic carboxylic acids is 1. The number of carbonyl (C=O) groups excluding carboxylic acids is 2. The molecule has 7 nitrogen and oxygen atoms in total. The summed E-state index contributed by atoms with van der Waals surface area (Å²) in [5.41, 5.74) is 5.48. The molecule has 0 spiro atoms. The number of urea groups is 1. The van der Waals surface area contributed by atoms with Gasteiger partial charge in [0, 0.05) is 11.0 Å². The van der Waals surface area contributed by atoms with Crippen LogP contribution in [0.25, 0.3) is 0 Å². The highest BCUT2D eigenvalue weighted by atomic mass is 32.2. The number of nitrogens with two attached hydrogens (primary N) is 1. The lowest BCUT2D eigenvalue weighted by atomic mass is 9.79. The summed E-state index contributed by atoms with van der Waals surface area (Å²) in [5.74, 6) is -1.70. The molecule has 2 fully saturated rings. The first kappa shape index (κ1) is 19.1. The van der Waals surface area contributed by atoms with Gasteiger partial charge >= 0.3 is 12.0 Å². The second-order valence-electron chi connectivity index (χ2n) is 7.69. The fourth-order valence-electron chi connectivity index (χ4n) is 3.20. The molecule has 0 radical (unpaired) electrons. The molecule has 2 heterocycles. The van der Waals surface area contributed by atoms with Crippen molar-refractivity contribution in [2.75, 3.05) is 5.75 Å². The normalized spacial score (nSPS) is 28.7. The number of thioether (sulfide) groups is 1. The van der Waals surface area contributed by atoms with Gasteiger partial charge in [0.1, 0.15) is 5.92 Å². The van der Waals surface area contributed by atoms with Crippen molar-refractivity contribution in [2.45, 2.75) is 63.4 Å². The largest absolute Gasteiger partial charge is 0.481 e. The molecule has 2 amide bonds. The number of rotatable bonds is 7. The number of nitrogens with one attached hydrogen (secondary N) is 2. The number of carboxylic acids is 1. The average Bonchev–Trinajstić information content (AvgIpc) is 3.00. The van der Waals surface area contributed by atoms with Gasteiger partial charge in [-0.3, -0.25) is 9.59 Å². The van der Waals surface area contributed by atoms with Crippen molar-refractivity contribution in [3.05, 3.63) is 0 Å². The van der Waals surface area contributed by atoms with E-state index in [1.165, 1.54) is 0 Å². The van der Waals surface area contributed by atoms with Crippen LogP contribution >= 0.6 is 11.8 Å². The summed E-state index contributed by atoms with van der Waals surface area (Å²) in [4.78, 5) is 35.2. The van der Waals surface area contributed by atoms with E-state index in [-0.39, 0.29) is 29.8 Å². The molecular formula is C16H27N3O4S. The van der Waals surface area contributed by atoms with Crippen LogP contribution in [0.4, 0.5) is 4.79 Å². The lowest BCUT2D eigenvalue weighted by Gasteiger charge is -2.28. The van der Waals surface area contributed by atoms with Crippen LogP contribution in [0.1, 0.15) is 40.0 Å². The van der Waals surface area contributed by atoms with E-state index in [9.17, 15) is 19.5 Å². The fourth-order valence-corrected chi connectivity index (χ4v) is 4.74. The predicted molar refractivity (Wildman–Crippen MR) is 92.9 cm³/mol. The second kappa shape index (κ2) is 7.31. The van der Waals surface area contributed by atoms with Crippen LogP contribution in [-0.4, -0.2) is 52.0 Å². The topological polar surface area (TPSA) is 122 Å². The molecule has 2 aliphatic rings. The Morgan fingerprint density at radius 3 is 2.62 bits per heavy atom. The van der Waals surface area contributed by atoms with Crippen LogP contribution in [0.3, 0.4) is 0 Å². The molecule has 136 valence electrons. The Bertz CT molecular complexity index is 520. The molecule has 0 aromatic heterocycles. The van der Waals surface area contributed by atoms with Gasteiger partial charge in [0.05, 0.1) is 18.1 Å². The molecule has 1 unspecified atom stereocenters. The van der Waals surface area contributed by atoms with Gasteiger partial charge in [0.15, 0.2) is 5.78 Å². The standard InChI is InChI=1S/C16H27N3O4S/c1-16(2,3)13(17)12(20)8(14(21)22)5-4-6-10-11-9(7-24-10)18-15(23)19-11/h8-11,13H,4-7,17H2,1-3H3,(H,21,22)(H2,18,19,23)/t8?,9-,10-,11-,13+/m0/s1. The van der Waals surface area contributed by atoms with Crippen molar-refractivity contribution in [2.24, 2.45) is 17.1 Å². The molecule has 24 heavy (non-hydrogen) atoms. The van der Waals surface area contributed by atoms with E-state index in [1.807, 2.05) is 20.8 Å². The maximum absolute atomic E-state index is 12.4. The Kier molecular flexibility index (Phi) is 5.80.